The molecule has 0 spiro atoms. The van der Waals surface area contributed by atoms with Gasteiger partial charge in [-0.2, -0.15) is 0 Å². The molecule has 5 nitrogen and oxygen atoms in total. The van der Waals surface area contributed by atoms with E-state index >= 15 is 0 Å². The summed E-state index contributed by atoms with van der Waals surface area (Å²) in [6.45, 7) is 3.76. The molecule has 1 aliphatic rings. The minimum Gasteiger partial charge on any atom is -0.326 e. The van der Waals surface area contributed by atoms with Crippen LogP contribution in [0.1, 0.15) is 46.0 Å². The fraction of sp³-hybridized carbons (Fsp3) is 0.556. The normalized spacial score (nSPS) is 16.0. The summed E-state index contributed by atoms with van der Waals surface area (Å²) in [5.74, 6) is 0.684. The van der Waals surface area contributed by atoms with Gasteiger partial charge in [-0.15, -0.1) is 11.3 Å². The van der Waals surface area contributed by atoms with Gasteiger partial charge in [-0.3, -0.25) is 4.79 Å². The number of rotatable bonds is 6. The molecule has 1 N–H and O–H groups in total. The fourth-order valence-corrected chi connectivity index (χ4v) is 6.29. The Balaban J connectivity index is 1.74. The summed E-state index contributed by atoms with van der Waals surface area (Å²) in [5.41, 5.74) is 1.35. The quantitative estimate of drug-likeness (QED) is 0.813. The predicted octanol–water partition coefficient (Wildman–Crippen LogP) is 4.24. The SMILES string of the molecule is CC(C)CS(=O)(=O)c1nc2ccc(NC(=O)CC3CCCC3)cc2s1. The number of fused-ring (bicyclic) bond motifs is 1. The van der Waals surface area contributed by atoms with E-state index < -0.39 is 9.84 Å². The zero-order valence-corrected chi connectivity index (χ0v) is 16.3. The number of carbonyl (C=O) groups is 1. The zero-order chi connectivity index (χ0) is 18.0. The molecule has 0 unspecified atom stereocenters. The van der Waals surface area contributed by atoms with E-state index in [1.54, 1.807) is 12.1 Å². The van der Waals surface area contributed by atoms with Crippen LogP contribution in [0.3, 0.4) is 0 Å². The van der Waals surface area contributed by atoms with Gasteiger partial charge in [-0.1, -0.05) is 26.7 Å². The van der Waals surface area contributed by atoms with Gasteiger partial charge in [-0.25, -0.2) is 13.4 Å². The first-order chi connectivity index (χ1) is 11.8. The predicted molar refractivity (Wildman–Crippen MR) is 102 cm³/mol. The molecule has 0 saturated heterocycles. The van der Waals surface area contributed by atoms with Gasteiger partial charge in [0.2, 0.25) is 20.1 Å². The summed E-state index contributed by atoms with van der Waals surface area (Å²) in [5, 5.41) is 2.93. The summed E-state index contributed by atoms with van der Waals surface area (Å²) in [4.78, 5) is 16.4. The van der Waals surface area contributed by atoms with Crippen LogP contribution >= 0.6 is 11.3 Å². The maximum atomic E-state index is 12.3. The van der Waals surface area contributed by atoms with Crippen molar-refractivity contribution in [3.63, 3.8) is 0 Å². The summed E-state index contributed by atoms with van der Waals surface area (Å²) in [7, 11) is -3.35. The second-order valence-corrected chi connectivity index (χ2v) is 10.5. The second kappa shape index (κ2) is 7.41. The Morgan fingerprint density at radius 3 is 2.72 bits per heavy atom. The molecule has 136 valence electrons. The number of carbonyl (C=O) groups excluding carboxylic acids is 1. The summed E-state index contributed by atoms with van der Waals surface area (Å²) in [6.07, 6.45) is 5.28. The molecule has 3 rings (SSSR count). The van der Waals surface area contributed by atoms with Crippen LogP contribution in [0.4, 0.5) is 5.69 Å². The molecule has 1 aromatic carbocycles. The van der Waals surface area contributed by atoms with E-state index in [-0.39, 0.29) is 21.9 Å². The van der Waals surface area contributed by atoms with E-state index in [9.17, 15) is 13.2 Å². The van der Waals surface area contributed by atoms with Gasteiger partial charge in [0.25, 0.3) is 0 Å². The number of anilines is 1. The van der Waals surface area contributed by atoms with Gasteiger partial charge in [0.05, 0.1) is 16.0 Å². The van der Waals surface area contributed by atoms with Crippen molar-refractivity contribution in [3.8, 4) is 0 Å². The van der Waals surface area contributed by atoms with Crippen molar-refractivity contribution >= 4 is 43.0 Å². The Hall–Kier alpha value is -1.47. The zero-order valence-electron chi connectivity index (χ0n) is 14.6. The van der Waals surface area contributed by atoms with Crippen molar-refractivity contribution in [2.24, 2.45) is 11.8 Å². The molecule has 1 amide bonds. The highest BCUT2D eigenvalue weighted by atomic mass is 32.2. The van der Waals surface area contributed by atoms with E-state index in [1.807, 2.05) is 19.9 Å². The van der Waals surface area contributed by atoms with Crippen molar-refractivity contribution in [3.05, 3.63) is 18.2 Å². The molecular weight excluding hydrogens is 356 g/mol. The third-order valence-corrected chi connectivity index (χ3v) is 7.97. The largest absolute Gasteiger partial charge is 0.326 e. The molecule has 0 radical (unpaired) electrons. The van der Waals surface area contributed by atoms with Gasteiger partial charge in [0, 0.05) is 12.1 Å². The van der Waals surface area contributed by atoms with Gasteiger partial charge in [-0.05, 0) is 42.9 Å². The molecule has 1 saturated carbocycles. The third-order valence-electron chi connectivity index (χ3n) is 4.42. The number of aromatic nitrogens is 1. The van der Waals surface area contributed by atoms with Crippen LogP contribution in [0.15, 0.2) is 22.5 Å². The molecule has 0 aliphatic heterocycles. The Labute approximate surface area is 152 Å². The molecule has 0 bridgehead atoms. The second-order valence-electron chi connectivity index (χ2n) is 7.24. The van der Waals surface area contributed by atoms with Crippen molar-refractivity contribution in [2.75, 3.05) is 11.1 Å². The molecule has 7 heteroatoms. The topological polar surface area (TPSA) is 76.1 Å². The third kappa shape index (κ3) is 4.58. The van der Waals surface area contributed by atoms with Crippen LogP contribution in [0.2, 0.25) is 0 Å². The number of amides is 1. The van der Waals surface area contributed by atoms with Gasteiger partial charge in [0.15, 0.2) is 0 Å². The van der Waals surface area contributed by atoms with E-state index in [4.69, 9.17) is 0 Å². The smallest absolute Gasteiger partial charge is 0.224 e. The van der Waals surface area contributed by atoms with Crippen molar-refractivity contribution in [1.82, 2.24) is 4.98 Å². The minimum atomic E-state index is -3.35. The average Bonchev–Trinajstić information content (AvgIpc) is 3.14. The molecule has 1 aromatic heterocycles. The van der Waals surface area contributed by atoms with Gasteiger partial charge < -0.3 is 5.32 Å². The first kappa shape index (κ1) is 18.3. The number of benzene rings is 1. The van der Waals surface area contributed by atoms with E-state index in [0.717, 1.165) is 17.5 Å². The van der Waals surface area contributed by atoms with Crippen LogP contribution in [-0.2, 0) is 14.6 Å². The molecule has 2 aromatic rings. The Kier molecular flexibility index (Phi) is 5.43. The molecular formula is C18H24N2O3S2. The lowest BCUT2D eigenvalue weighted by molar-refractivity contribution is -0.117. The number of nitrogens with one attached hydrogen (secondary N) is 1. The van der Waals surface area contributed by atoms with Gasteiger partial charge >= 0.3 is 0 Å². The Morgan fingerprint density at radius 1 is 1.32 bits per heavy atom. The van der Waals surface area contributed by atoms with E-state index in [1.165, 1.54) is 24.2 Å². The average molecular weight is 381 g/mol. The van der Waals surface area contributed by atoms with Crippen molar-refractivity contribution in [1.29, 1.82) is 0 Å². The van der Waals surface area contributed by atoms with Gasteiger partial charge in [0.1, 0.15) is 0 Å². The summed E-state index contributed by atoms with van der Waals surface area (Å²) < 4.78 is 25.6. The lowest BCUT2D eigenvalue weighted by Gasteiger charge is -2.09. The highest BCUT2D eigenvalue weighted by Crippen LogP contribution is 2.30. The first-order valence-electron chi connectivity index (χ1n) is 8.76. The number of sulfone groups is 1. The lowest BCUT2D eigenvalue weighted by atomic mass is 10.0. The number of hydrogen-bond acceptors (Lipinski definition) is 5. The van der Waals surface area contributed by atoms with Crippen LogP contribution in [0, 0.1) is 11.8 Å². The molecule has 1 fully saturated rings. The minimum absolute atomic E-state index is 0.0309. The van der Waals surface area contributed by atoms with Crippen LogP contribution < -0.4 is 5.32 Å². The Morgan fingerprint density at radius 2 is 2.04 bits per heavy atom. The molecule has 1 heterocycles. The molecule has 1 aliphatic carbocycles. The molecule has 25 heavy (non-hydrogen) atoms. The highest BCUT2D eigenvalue weighted by Gasteiger charge is 2.22. The standard InChI is InChI=1S/C18H24N2O3S2/c1-12(2)11-25(22,23)18-20-15-8-7-14(10-16(15)24-18)19-17(21)9-13-5-3-4-6-13/h7-8,10,12-13H,3-6,9,11H2,1-2H3,(H,19,21). The molecule has 0 atom stereocenters. The number of thiazole rings is 1. The van der Waals surface area contributed by atoms with Crippen LogP contribution in [0.25, 0.3) is 10.2 Å². The number of nitrogens with zero attached hydrogens (tertiary/aromatic N) is 1. The first-order valence-corrected chi connectivity index (χ1v) is 11.2. The summed E-state index contributed by atoms with van der Waals surface area (Å²) in [6, 6.07) is 5.37. The Bertz CT molecular complexity index is 866. The maximum absolute atomic E-state index is 12.3. The maximum Gasteiger partial charge on any atom is 0.224 e. The van der Waals surface area contributed by atoms with Crippen LogP contribution in [-0.4, -0.2) is 25.1 Å². The lowest BCUT2D eigenvalue weighted by Crippen LogP contribution is -2.14. The number of hydrogen-bond donors (Lipinski definition) is 1. The van der Waals surface area contributed by atoms with Crippen molar-refractivity contribution < 1.29 is 13.2 Å². The van der Waals surface area contributed by atoms with Crippen molar-refractivity contribution in [2.45, 2.75) is 50.3 Å². The van der Waals surface area contributed by atoms with E-state index in [2.05, 4.69) is 10.3 Å². The fourth-order valence-electron chi connectivity index (χ4n) is 3.31. The van der Waals surface area contributed by atoms with E-state index in [0.29, 0.717) is 23.5 Å². The monoisotopic (exact) mass is 380 g/mol. The summed E-state index contributed by atoms with van der Waals surface area (Å²) >= 11 is 1.17. The van der Waals surface area contributed by atoms with Crippen LogP contribution in [0.5, 0.6) is 0 Å². The highest BCUT2D eigenvalue weighted by molar-refractivity contribution is 7.93.